The average Bonchev–Trinajstić information content (AvgIpc) is 3.07. The number of aliphatic carboxylic acids is 2. The van der Waals surface area contributed by atoms with Gasteiger partial charge in [0.1, 0.15) is 0 Å². The molecule has 5 aliphatic carbocycles. The molecule has 0 bridgehead atoms. The zero-order chi connectivity index (χ0) is 29.6. The Balaban J connectivity index is 1.57. The van der Waals surface area contributed by atoms with Crippen LogP contribution in [0, 0.1) is 56.7 Å². The first-order chi connectivity index (χ1) is 18.5. The molecular formula is C34H50O6. The van der Waals surface area contributed by atoms with Crippen molar-refractivity contribution in [3.63, 3.8) is 0 Å². The maximum atomic E-state index is 13.7. The zero-order valence-corrected chi connectivity index (χ0v) is 25.7. The lowest BCUT2D eigenvalue weighted by molar-refractivity contribution is -0.221. The van der Waals surface area contributed by atoms with Gasteiger partial charge in [-0.25, -0.2) is 0 Å². The zero-order valence-electron chi connectivity index (χ0n) is 25.7. The van der Waals surface area contributed by atoms with Crippen molar-refractivity contribution in [1.82, 2.24) is 0 Å². The standard InChI is InChI=1S/C34H50O6/c1-19(2)26-27-21-8-9-23-31(5)13-10-20(18-25(37)38)30(3,4)22(31)11-14-33(23,7)32(21,6)16-17-34(27,15-12-24(35)36)29(40)28(26)39/h19-23H,8-18H2,1-7H3,(H,35,36)(H,37,38)/t20-,21-,22+,23-,31+,32-,33-,34-/m1/s1. The summed E-state index contributed by atoms with van der Waals surface area (Å²) in [4.78, 5) is 50.6. The van der Waals surface area contributed by atoms with Crippen LogP contribution in [0.3, 0.4) is 0 Å². The fourth-order valence-electron chi connectivity index (χ4n) is 11.9. The van der Waals surface area contributed by atoms with Gasteiger partial charge in [-0.3, -0.25) is 19.2 Å². The molecule has 0 aromatic rings. The van der Waals surface area contributed by atoms with Gasteiger partial charge in [-0.15, -0.1) is 0 Å². The third-order valence-corrected chi connectivity index (χ3v) is 14.0. The Morgan fingerprint density at radius 3 is 2.10 bits per heavy atom. The fraction of sp³-hybridized carbons (Fsp3) is 0.824. The monoisotopic (exact) mass is 554 g/mol. The molecule has 40 heavy (non-hydrogen) atoms. The van der Waals surface area contributed by atoms with Crippen LogP contribution in [0.2, 0.25) is 0 Å². The third kappa shape index (κ3) is 3.72. The predicted octanol–water partition coefficient (Wildman–Crippen LogP) is 7.10. The van der Waals surface area contributed by atoms with E-state index in [1.54, 1.807) is 0 Å². The van der Waals surface area contributed by atoms with Gasteiger partial charge in [-0.2, -0.15) is 0 Å². The first kappa shape index (κ1) is 29.5. The molecule has 8 atom stereocenters. The minimum atomic E-state index is -0.944. The molecular weight excluding hydrogens is 504 g/mol. The Hall–Kier alpha value is -1.98. The van der Waals surface area contributed by atoms with Crippen LogP contribution >= 0.6 is 0 Å². The Morgan fingerprint density at radius 2 is 1.50 bits per heavy atom. The number of fused-ring (bicyclic) bond motifs is 7. The second-order valence-corrected chi connectivity index (χ2v) is 15.9. The van der Waals surface area contributed by atoms with E-state index in [1.165, 1.54) is 0 Å². The molecule has 0 spiro atoms. The number of allylic oxidation sites excluding steroid dienone is 2. The molecule has 0 amide bonds. The highest BCUT2D eigenvalue weighted by Gasteiger charge is 2.71. The van der Waals surface area contributed by atoms with Gasteiger partial charge in [-0.05, 0) is 115 Å². The number of carbonyl (C=O) groups is 4. The minimum absolute atomic E-state index is 0.0274. The van der Waals surface area contributed by atoms with Crippen LogP contribution in [0.5, 0.6) is 0 Å². The fourth-order valence-corrected chi connectivity index (χ4v) is 11.9. The number of rotatable bonds is 6. The van der Waals surface area contributed by atoms with Gasteiger partial charge in [0.25, 0.3) is 0 Å². The van der Waals surface area contributed by atoms with Gasteiger partial charge >= 0.3 is 11.9 Å². The minimum Gasteiger partial charge on any atom is -0.481 e. The Labute approximate surface area is 239 Å². The van der Waals surface area contributed by atoms with Crippen LogP contribution in [-0.4, -0.2) is 33.7 Å². The van der Waals surface area contributed by atoms with Crippen LogP contribution < -0.4 is 0 Å². The normalized spacial score (nSPS) is 44.1. The summed E-state index contributed by atoms with van der Waals surface area (Å²) < 4.78 is 0. The second-order valence-electron chi connectivity index (χ2n) is 15.9. The molecule has 0 radical (unpaired) electrons. The Morgan fingerprint density at radius 1 is 0.825 bits per heavy atom. The Kier molecular flexibility index (Phi) is 6.83. The summed E-state index contributed by atoms with van der Waals surface area (Å²) in [7, 11) is 0. The lowest BCUT2D eigenvalue weighted by Gasteiger charge is -2.72. The van der Waals surface area contributed by atoms with Crippen LogP contribution in [-0.2, 0) is 19.2 Å². The maximum Gasteiger partial charge on any atom is 0.303 e. The predicted molar refractivity (Wildman–Crippen MR) is 152 cm³/mol. The molecule has 0 aliphatic heterocycles. The van der Waals surface area contributed by atoms with Crippen molar-refractivity contribution in [2.45, 2.75) is 119 Å². The molecule has 2 N–H and O–H groups in total. The molecule has 4 saturated carbocycles. The molecule has 0 heterocycles. The van der Waals surface area contributed by atoms with Gasteiger partial charge in [0, 0.05) is 18.4 Å². The highest BCUT2D eigenvalue weighted by Crippen LogP contribution is 2.77. The lowest BCUT2D eigenvalue weighted by Crippen LogP contribution is -2.65. The summed E-state index contributed by atoms with van der Waals surface area (Å²) in [5.41, 5.74) is 0.779. The van der Waals surface area contributed by atoms with E-state index in [4.69, 9.17) is 0 Å². The van der Waals surface area contributed by atoms with Crippen LogP contribution in [0.1, 0.15) is 119 Å². The summed E-state index contributed by atoms with van der Waals surface area (Å²) in [6.07, 6.45) is 7.90. The largest absolute Gasteiger partial charge is 0.481 e. The van der Waals surface area contributed by atoms with E-state index in [1.807, 2.05) is 13.8 Å². The average molecular weight is 555 g/mol. The molecule has 0 aromatic heterocycles. The molecule has 5 rings (SSSR count). The number of carbonyl (C=O) groups excluding carboxylic acids is 2. The molecule has 4 fully saturated rings. The third-order valence-electron chi connectivity index (χ3n) is 14.0. The van der Waals surface area contributed by atoms with Gasteiger partial charge < -0.3 is 10.2 Å². The highest BCUT2D eigenvalue weighted by atomic mass is 16.4. The molecule has 0 saturated heterocycles. The highest BCUT2D eigenvalue weighted by molar-refractivity contribution is 6.49. The summed E-state index contributed by atoms with van der Waals surface area (Å²) >= 11 is 0. The van der Waals surface area contributed by atoms with Crippen molar-refractivity contribution >= 4 is 23.5 Å². The first-order valence-electron chi connectivity index (χ1n) is 15.7. The number of carboxylic acid groups (broad SMARTS) is 2. The SMILES string of the molecule is CC(C)C1=C2[C@H]3CC[C@@H]4[C@@]5(C)CC[C@H](CC(=O)O)C(C)(C)[C@@H]5CC[C@@]4(C)[C@]3(C)CC[C@@]2(CCC(=O)O)C(=O)C1=O. The summed E-state index contributed by atoms with van der Waals surface area (Å²) in [5.74, 6) is -1.12. The number of ketones is 2. The number of hydrogen-bond acceptors (Lipinski definition) is 4. The quantitative estimate of drug-likeness (QED) is 0.339. The number of Topliss-reactive ketones (excluding diaryl/α,β-unsaturated/α-hetero) is 2. The molecule has 222 valence electrons. The number of carboxylic acids is 2. The van der Waals surface area contributed by atoms with E-state index in [-0.39, 0.29) is 70.2 Å². The van der Waals surface area contributed by atoms with Crippen molar-refractivity contribution in [1.29, 1.82) is 0 Å². The van der Waals surface area contributed by atoms with Crippen molar-refractivity contribution in [2.75, 3.05) is 0 Å². The van der Waals surface area contributed by atoms with Crippen molar-refractivity contribution < 1.29 is 29.4 Å². The summed E-state index contributed by atoms with van der Waals surface area (Å²) in [5, 5.41) is 19.2. The van der Waals surface area contributed by atoms with Crippen LogP contribution in [0.25, 0.3) is 0 Å². The van der Waals surface area contributed by atoms with Crippen molar-refractivity contribution in [3.8, 4) is 0 Å². The first-order valence-corrected chi connectivity index (χ1v) is 15.7. The van der Waals surface area contributed by atoms with E-state index in [9.17, 15) is 29.4 Å². The van der Waals surface area contributed by atoms with Crippen LogP contribution in [0.15, 0.2) is 11.1 Å². The van der Waals surface area contributed by atoms with Gasteiger partial charge in [0.15, 0.2) is 0 Å². The molecule has 0 aromatic carbocycles. The van der Waals surface area contributed by atoms with Crippen LogP contribution in [0.4, 0.5) is 0 Å². The van der Waals surface area contributed by atoms with E-state index >= 15 is 0 Å². The molecule has 6 heteroatoms. The van der Waals surface area contributed by atoms with Crippen molar-refractivity contribution in [3.05, 3.63) is 11.1 Å². The smallest absolute Gasteiger partial charge is 0.303 e. The van der Waals surface area contributed by atoms with E-state index in [0.29, 0.717) is 23.8 Å². The van der Waals surface area contributed by atoms with Gasteiger partial charge in [-0.1, -0.05) is 48.5 Å². The van der Waals surface area contributed by atoms with Gasteiger partial charge in [0.05, 0.1) is 5.41 Å². The second kappa shape index (κ2) is 9.26. The lowest BCUT2D eigenvalue weighted by atomic mass is 9.32. The Bertz CT molecular complexity index is 1180. The van der Waals surface area contributed by atoms with E-state index in [0.717, 1.165) is 50.5 Å². The van der Waals surface area contributed by atoms with Gasteiger partial charge in [0.2, 0.25) is 11.6 Å². The van der Waals surface area contributed by atoms with E-state index in [2.05, 4.69) is 34.6 Å². The topological polar surface area (TPSA) is 109 Å². The molecule has 6 nitrogen and oxygen atoms in total. The van der Waals surface area contributed by atoms with E-state index < -0.39 is 17.4 Å². The molecule has 0 unspecified atom stereocenters. The maximum absolute atomic E-state index is 13.7. The number of hydrogen-bond donors (Lipinski definition) is 2. The summed E-state index contributed by atoms with van der Waals surface area (Å²) in [6, 6.07) is 0. The molecule has 5 aliphatic rings. The summed E-state index contributed by atoms with van der Waals surface area (Å²) in [6.45, 7) is 16.0. The van der Waals surface area contributed by atoms with Crippen molar-refractivity contribution in [2.24, 2.45) is 56.7 Å².